The van der Waals surface area contributed by atoms with Crippen molar-refractivity contribution in [2.45, 2.75) is 45.1 Å². The highest BCUT2D eigenvalue weighted by Crippen LogP contribution is 2.32. The van der Waals surface area contributed by atoms with Crippen LogP contribution in [0.4, 0.5) is 17.3 Å². The van der Waals surface area contributed by atoms with Crippen LogP contribution in [0, 0.1) is 6.92 Å². The van der Waals surface area contributed by atoms with E-state index in [9.17, 15) is 0 Å². The molecule has 3 aromatic rings. The Balaban J connectivity index is 1.35. The van der Waals surface area contributed by atoms with E-state index in [4.69, 9.17) is 4.98 Å². The average Bonchev–Trinajstić information content (AvgIpc) is 3.11. The smallest absolute Gasteiger partial charge is 0.229 e. The third-order valence-electron chi connectivity index (χ3n) is 6.73. The molecule has 6 heteroatoms. The molecule has 3 heterocycles. The molecule has 0 bridgehead atoms. The number of piperazine rings is 1. The van der Waals surface area contributed by atoms with Crippen molar-refractivity contribution in [3.63, 3.8) is 0 Å². The Labute approximate surface area is 178 Å². The van der Waals surface area contributed by atoms with Crippen LogP contribution in [0.3, 0.4) is 0 Å². The molecular weight excluding hydrogens is 372 g/mol. The van der Waals surface area contributed by atoms with E-state index in [0.29, 0.717) is 12.0 Å². The quantitative estimate of drug-likeness (QED) is 0.681. The predicted octanol–water partition coefficient (Wildman–Crippen LogP) is 4.74. The molecule has 2 aliphatic rings. The van der Waals surface area contributed by atoms with E-state index in [1.807, 2.05) is 6.20 Å². The number of rotatable bonds is 4. The van der Waals surface area contributed by atoms with Crippen LogP contribution < -0.4 is 10.2 Å². The zero-order valence-electron chi connectivity index (χ0n) is 18.1. The number of hydrogen-bond donors (Lipinski definition) is 1. The molecule has 6 nitrogen and oxygen atoms in total. The molecule has 1 aromatic carbocycles. The molecule has 0 atom stereocenters. The van der Waals surface area contributed by atoms with Gasteiger partial charge in [0.25, 0.3) is 0 Å². The van der Waals surface area contributed by atoms with Gasteiger partial charge in [-0.25, -0.2) is 4.98 Å². The summed E-state index contributed by atoms with van der Waals surface area (Å²) in [6.07, 6.45) is 10.7. The predicted molar refractivity (Wildman–Crippen MR) is 124 cm³/mol. The van der Waals surface area contributed by atoms with Crippen molar-refractivity contribution in [3.8, 4) is 0 Å². The maximum atomic E-state index is 4.91. The molecule has 158 valence electrons. The van der Waals surface area contributed by atoms with Gasteiger partial charge in [-0.2, -0.15) is 4.98 Å². The van der Waals surface area contributed by atoms with E-state index in [1.165, 1.54) is 43.4 Å². The SMILES string of the molecule is Cc1cn(C2CCCCC2)c2nc(Nc3ccc(N4CCN(C)CC4)cc3)ncc12. The number of aryl methyl sites for hydroxylation is 1. The van der Waals surface area contributed by atoms with Crippen LogP contribution in [0.15, 0.2) is 36.7 Å². The van der Waals surface area contributed by atoms with Crippen LogP contribution in [-0.2, 0) is 0 Å². The number of likely N-dealkylation sites (N-methyl/N-ethyl adjacent to an activating group) is 1. The monoisotopic (exact) mass is 404 g/mol. The molecule has 0 radical (unpaired) electrons. The van der Waals surface area contributed by atoms with E-state index < -0.39 is 0 Å². The van der Waals surface area contributed by atoms with Crippen LogP contribution in [0.25, 0.3) is 11.0 Å². The van der Waals surface area contributed by atoms with Gasteiger partial charge in [0.2, 0.25) is 5.95 Å². The van der Waals surface area contributed by atoms with Crippen molar-refractivity contribution in [2.24, 2.45) is 0 Å². The third-order valence-corrected chi connectivity index (χ3v) is 6.73. The van der Waals surface area contributed by atoms with Gasteiger partial charge in [-0.3, -0.25) is 0 Å². The molecule has 0 spiro atoms. The van der Waals surface area contributed by atoms with Gasteiger partial charge < -0.3 is 19.7 Å². The minimum Gasteiger partial charge on any atom is -0.369 e. The molecule has 0 amide bonds. The maximum Gasteiger partial charge on any atom is 0.229 e. The molecule has 1 aliphatic heterocycles. The summed E-state index contributed by atoms with van der Waals surface area (Å²) < 4.78 is 2.40. The summed E-state index contributed by atoms with van der Waals surface area (Å²) in [4.78, 5) is 14.3. The van der Waals surface area contributed by atoms with Crippen molar-refractivity contribution >= 4 is 28.4 Å². The Morgan fingerprint density at radius 1 is 0.967 bits per heavy atom. The number of nitrogens with zero attached hydrogens (tertiary/aromatic N) is 5. The van der Waals surface area contributed by atoms with Crippen molar-refractivity contribution in [1.29, 1.82) is 0 Å². The normalized spacial score (nSPS) is 18.8. The number of anilines is 3. The van der Waals surface area contributed by atoms with E-state index in [1.54, 1.807) is 0 Å². The topological polar surface area (TPSA) is 49.2 Å². The second-order valence-electron chi connectivity index (χ2n) is 8.90. The van der Waals surface area contributed by atoms with Crippen LogP contribution in [0.5, 0.6) is 0 Å². The number of hydrogen-bond acceptors (Lipinski definition) is 5. The number of nitrogens with one attached hydrogen (secondary N) is 1. The van der Waals surface area contributed by atoms with Gasteiger partial charge in [0.05, 0.1) is 0 Å². The highest BCUT2D eigenvalue weighted by molar-refractivity contribution is 5.81. The summed E-state index contributed by atoms with van der Waals surface area (Å²) in [6.45, 7) is 6.57. The zero-order valence-corrected chi connectivity index (χ0v) is 18.1. The minimum absolute atomic E-state index is 0.570. The standard InChI is InChI=1S/C24H32N6/c1-18-17-30(21-6-4-3-5-7-21)23-22(18)16-25-24(27-23)26-19-8-10-20(11-9-19)29-14-12-28(2)13-15-29/h8-11,16-17,21H,3-7,12-15H2,1-2H3,(H,25,26,27). The van der Waals surface area contributed by atoms with E-state index in [0.717, 1.165) is 42.9 Å². The first-order valence-electron chi connectivity index (χ1n) is 11.3. The first-order chi connectivity index (χ1) is 14.7. The van der Waals surface area contributed by atoms with Crippen molar-refractivity contribution < 1.29 is 0 Å². The average molecular weight is 405 g/mol. The molecule has 2 aromatic heterocycles. The highest BCUT2D eigenvalue weighted by Gasteiger charge is 2.19. The number of fused-ring (bicyclic) bond motifs is 1. The van der Waals surface area contributed by atoms with Crippen LogP contribution in [0.1, 0.15) is 43.7 Å². The van der Waals surface area contributed by atoms with Gasteiger partial charge in [0, 0.05) is 61.4 Å². The Hall–Kier alpha value is -2.60. The van der Waals surface area contributed by atoms with Gasteiger partial charge in [-0.1, -0.05) is 19.3 Å². The largest absolute Gasteiger partial charge is 0.369 e. The second-order valence-corrected chi connectivity index (χ2v) is 8.90. The molecule has 0 unspecified atom stereocenters. The zero-order chi connectivity index (χ0) is 20.5. The first-order valence-corrected chi connectivity index (χ1v) is 11.3. The van der Waals surface area contributed by atoms with Gasteiger partial charge in [0.1, 0.15) is 5.65 Å². The van der Waals surface area contributed by atoms with Crippen molar-refractivity contribution in [1.82, 2.24) is 19.4 Å². The van der Waals surface area contributed by atoms with Gasteiger partial charge in [-0.15, -0.1) is 0 Å². The molecule has 1 saturated carbocycles. The van der Waals surface area contributed by atoms with E-state index in [2.05, 4.69) is 69.1 Å². The molecule has 2 fully saturated rings. The summed E-state index contributed by atoms with van der Waals surface area (Å²) in [7, 11) is 2.19. The molecule has 5 rings (SSSR count). The van der Waals surface area contributed by atoms with Crippen LogP contribution in [0.2, 0.25) is 0 Å². The Bertz CT molecular complexity index is 994. The summed E-state index contributed by atoms with van der Waals surface area (Å²) in [6, 6.07) is 9.22. The lowest BCUT2D eigenvalue weighted by Gasteiger charge is -2.34. The van der Waals surface area contributed by atoms with E-state index >= 15 is 0 Å². The number of benzene rings is 1. The Morgan fingerprint density at radius 2 is 1.70 bits per heavy atom. The lowest BCUT2D eigenvalue weighted by molar-refractivity contribution is 0.313. The van der Waals surface area contributed by atoms with Gasteiger partial charge in [0.15, 0.2) is 0 Å². The second kappa shape index (κ2) is 8.26. The van der Waals surface area contributed by atoms with Crippen molar-refractivity contribution in [3.05, 3.63) is 42.2 Å². The maximum absolute atomic E-state index is 4.91. The fourth-order valence-corrected chi connectivity index (χ4v) is 4.83. The third kappa shape index (κ3) is 3.88. The van der Waals surface area contributed by atoms with Gasteiger partial charge >= 0.3 is 0 Å². The Kier molecular flexibility index (Phi) is 5.34. The highest BCUT2D eigenvalue weighted by atomic mass is 15.2. The summed E-state index contributed by atoms with van der Waals surface area (Å²) in [5.41, 5.74) is 4.64. The van der Waals surface area contributed by atoms with Crippen molar-refractivity contribution in [2.75, 3.05) is 43.4 Å². The molecule has 1 aliphatic carbocycles. The summed E-state index contributed by atoms with van der Waals surface area (Å²) in [5, 5.41) is 4.57. The fraction of sp³-hybridized carbons (Fsp3) is 0.500. The summed E-state index contributed by atoms with van der Waals surface area (Å²) in [5.74, 6) is 0.671. The van der Waals surface area contributed by atoms with Crippen LogP contribution in [-0.4, -0.2) is 52.7 Å². The first kappa shape index (κ1) is 19.4. The Morgan fingerprint density at radius 3 is 2.43 bits per heavy atom. The minimum atomic E-state index is 0.570. The molecule has 30 heavy (non-hydrogen) atoms. The van der Waals surface area contributed by atoms with E-state index in [-0.39, 0.29) is 0 Å². The lowest BCUT2D eigenvalue weighted by atomic mass is 9.95. The fourth-order valence-electron chi connectivity index (χ4n) is 4.83. The summed E-state index contributed by atoms with van der Waals surface area (Å²) >= 11 is 0. The van der Waals surface area contributed by atoms with Crippen LogP contribution >= 0.6 is 0 Å². The molecular formula is C24H32N6. The molecule has 1 N–H and O–H groups in total. The molecule has 1 saturated heterocycles. The number of aromatic nitrogens is 3. The van der Waals surface area contributed by atoms with Gasteiger partial charge in [-0.05, 0) is 56.6 Å². The lowest BCUT2D eigenvalue weighted by Crippen LogP contribution is -2.44.